The van der Waals surface area contributed by atoms with Gasteiger partial charge < -0.3 is 24.2 Å². The molecule has 0 aliphatic carbocycles. The Hall–Kier alpha value is -3.68. The minimum atomic E-state index is -0.902. The van der Waals surface area contributed by atoms with Gasteiger partial charge in [-0.3, -0.25) is 4.90 Å². The van der Waals surface area contributed by atoms with Gasteiger partial charge in [0.25, 0.3) is 0 Å². The summed E-state index contributed by atoms with van der Waals surface area (Å²) in [5.41, 5.74) is 3.03. The Balaban J connectivity index is 1.28. The van der Waals surface area contributed by atoms with Gasteiger partial charge in [-0.1, -0.05) is 0 Å². The van der Waals surface area contributed by atoms with Crippen LogP contribution >= 0.6 is 0 Å². The number of ether oxygens (including phenoxy) is 3. The van der Waals surface area contributed by atoms with E-state index in [1.54, 1.807) is 6.20 Å². The van der Waals surface area contributed by atoms with E-state index in [-0.39, 0.29) is 55.7 Å². The molecule has 1 aromatic carbocycles. The van der Waals surface area contributed by atoms with Crippen LogP contribution in [0.1, 0.15) is 55.9 Å². The summed E-state index contributed by atoms with van der Waals surface area (Å²) in [5, 5.41) is 15.7. The molecule has 0 spiro atoms. The van der Waals surface area contributed by atoms with Crippen molar-refractivity contribution in [2.45, 2.75) is 70.3 Å². The summed E-state index contributed by atoms with van der Waals surface area (Å²) < 4.78 is 51.8. The molecule has 8 rings (SSSR count). The fraction of sp³-hybridized carbons (Fsp3) is 0.576. The number of aliphatic hydroxyl groups excluding tert-OH is 1. The van der Waals surface area contributed by atoms with Gasteiger partial charge in [0, 0.05) is 37.1 Å². The normalized spacial score (nSPS) is 24.8. The van der Waals surface area contributed by atoms with Gasteiger partial charge in [0.1, 0.15) is 41.8 Å². The summed E-state index contributed by atoms with van der Waals surface area (Å²) in [7, 11) is 0. The first-order chi connectivity index (χ1) is 22.4. The number of hydrogen-bond donors (Lipinski definition) is 1. The predicted molar refractivity (Wildman–Crippen MR) is 168 cm³/mol. The molecule has 1 unspecified atom stereocenters. The third kappa shape index (κ3) is 4.77. The summed E-state index contributed by atoms with van der Waals surface area (Å²) in [5.74, 6) is -0.00534. The van der Waals surface area contributed by atoms with Gasteiger partial charge in [0.05, 0.1) is 30.4 Å². The SMILES string of the molecule is Cc1cc2c(cnn2C2CCCCO2)c(-c2nc3c4c(nc(OC[C@@]56CCCN5C[C@H](F)C6)nc4c2F)N(CCO)CCO3)c1C. The summed E-state index contributed by atoms with van der Waals surface area (Å²) >= 11 is 0. The van der Waals surface area contributed by atoms with Crippen LogP contribution in [0.5, 0.6) is 11.9 Å². The standard InChI is InChI=1S/C33H39F2N7O4/c1-19-14-23-22(16-36-42(23)24-6-3-4-12-44-24)25(20(19)2)28-27(35)29-26-30(40(9-11-43)10-13-45-31(26)37-28)39-32(38-29)46-18-33-7-5-8-41(33)17-21(34)15-33/h14,16,21,24,43H,3-13,15,17-18H2,1-2H3/t21-,24?,33+/m1/s1. The van der Waals surface area contributed by atoms with Crippen LogP contribution in [0.3, 0.4) is 0 Å². The first-order valence-corrected chi connectivity index (χ1v) is 16.4. The molecule has 0 bridgehead atoms. The maximum absolute atomic E-state index is 17.1. The average Bonchev–Trinajstić information content (AvgIpc) is 3.70. The molecule has 11 nitrogen and oxygen atoms in total. The van der Waals surface area contributed by atoms with Crippen LogP contribution < -0.4 is 14.4 Å². The number of hydrogen-bond acceptors (Lipinski definition) is 10. The van der Waals surface area contributed by atoms with Crippen molar-refractivity contribution in [3.63, 3.8) is 0 Å². The fourth-order valence-electron chi connectivity index (χ4n) is 7.88. The van der Waals surface area contributed by atoms with Crippen molar-refractivity contribution in [1.29, 1.82) is 0 Å². The van der Waals surface area contributed by atoms with Crippen molar-refractivity contribution in [3.8, 4) is 23.1 Å². The molecule has 46 heavy (non-hydrogen) atoms. The van der Waals surface area contributed by atoms with E-state index in [0.717, 1.165) is 60.7 Å². The second-order valence-corrected chi connectivity index (χ2v) is 13.1. The highest BCUT2D eigenvalue weighted by Gasteiger charge is 2.49. The van der Waals surface area contributed by atoms with Crippen LogP contribution in [0.4, 0.5) is 14.6 Å². The molecule has 1 N–H and O–H groups in total. The van der Waals surface area contributed by atoms with Crippen molar-refractivity contribution in [2.24, 2.45) is 0 Å². The van der Waals surface area contributed by atoms with E-state index in [9.17, 15) is 9.50 Å². The van der Waals surface area contributed by atoms with Crippen molar-refractivity contribution in [2.75, 3.05) is 57.5 Å². The first-order valence-electron chi connectivity index (χ1n) is 16.4. The number of β-amino-alcohol motifs (C(OH)–C–C–N with tert-alkyl or cyclic N) is 1. The Morgan fingerprint density at radius 1 is 1.13 bits per heavy atom. The Morgan fingerprint density at radius 2 is 2.02 bits per heavy atom. The monoisotopic (exact) mass is 635 g/mol. The van der Waals surface area contributed by atoms with Gasteiger partial charge in [-0.2, -0.15) is 15.1 Å². The lowest BCUT2D eigenvalue weighted by atomic mass is 9.95. The van der Waals surface area contributed by atoms with E-state index in [0.29, 0.717) is 42.9 Å². The molecule has 4 aliphatic heterocycles. The van der Waals surface area contributed by atoms with Crippen LogP contribution in [0.2, 0.25) is 0 Å². The topological polar surface area (TPSA) is 111 Å². The van der Waals surface area contributed by atoms with Crippen molar-refractivity contribution < 1.29 is 28.1 Å². The lowest BCUT2D eigenvalue weighted by molar-refractivity contribution is -0.0366. The third-order valence-electron chi connectivity index (χ3n) is 10.3. The van der Waals surface area contributed by atoms with Gasteiger partial charge in [-0.25, -0.2) is 18.4 Å². The lowest BCUT2D eigenvalue weighted by Gasteiger charge is -2.31. The van der Waals surface area contributed by atoms with E-state index >= 15 is 4.39 Å². The second-order valence-electron chi connectivity index (χ2n) is 13.1. The van der Waals surface area contributed by atoms with Crippen LogP contribution in [0.25, 0.3) is 33.1 Å². The molecule has 3 atom stereocenters. The highest BCUT2D eigenvalue weighted by atomic mass is 19.1. The molecule has 7 heterocycles. The van der Waals surface area contributed by atoms with E-state index < -0.39 is 17.5 Å². The number of pyridine rings is 1. The maximum Gasteiger partial charge on any atom is 0.319 e. The Bertz CT molecular complexity index is 1810. The van der Waals surface area contributed by atoms with E-state index in [2.05, 4.69) is 16.0 Å². The second kappa shape index (κ2) is 11.5. The third-order valence-corrected chi connectivity index (χ3v) is 10.3. The first kappa shape index (κ1) is 29.7. The molecular formula is C33H39F2N7O4. The number of benzene rings is 1. The van der Waals surface area contributed by atoms with Crippen molar-refractivity contribution in [1.82, 2.24) is 29.6 Å². The molecule has 3 fully saturated rings. The number of aryl methyl sites for hydroxylation is 1. The van der Waals surface area contributed by atoms with Crippen molar-refractivity contribution >= 4 is 27.6 Å². The summed E-state index contributed by atoms with van der Waals surface area (Å²) in [6.07, 6.45) is 5.81. The zero-order chi connectivity index (χ0) is 31.6. The highest BCUT2D eigenvalue weighted by molar-refractivity contribution is 6.01. The van der Waals surface area contributed by atoms with Gasteiger partial charge in [-0.05, 0) is 69.7 Å². The number of alkyl halides is 1. The van der Waals surface area contributed by atoms with Crippen LogP contribution in [-0.2, 0) is 4.74 Å². The minimum absolute atomic E-state index is 0.00579. The molecule has 3 aromatic heterocycles. The number of anilines is 1. The average molecular weight is 636 g/mol. The zero-order valence-corrected chi connectivity index (χ0v) is 26.3. The lowest BCUT2D eigenvalue weighted by Crippen LogP contribution is -2.43. The molecule has 3 saturated heterocycles. The predicted octanol–water partition coefficient (Wildman–Crippen LogP) is 4.64. The Kier molecular flexibility index (Phi) is 7.45. The van der Waals surface area contributed by atoms with Gasteiger partial charge in [-0.15, -0.1) is 0 Å². The number of rotatable bonds is 7. The van der Waals surface area contributed by atoms with Crippen molar-refractivity contribution in [3.05, 3.63) is 29.2 Å². The minimum Gasteiger partial charge on any atom is -0.475 e. The highest BCUT2D eigenvalue weighted by Crippen LogP contribution is 2.44. The fourth-order valence-corrected chi connectivity index (χ4v) is 7.88. The smallest absolute Gasteiger partial charge is 0.319 e. The Morgan fingerprint density at radius 3 is 2.85 bits per heavy atom. The zero-order valence-electron chi connectivity index (χ0n) is 26.3. The largest absolute Gasteiger partial charge is 0.475 e. The molecule has 4 aliphatic rings. The molecule has 0 radical (unpaired) electrons. The van der Waals surface area contributed by atoms with Gasteiger partial charge in [0.15, 0.2) is 12.0 Å². The molecular weight excluding hydrogens is 596 g/mol. The summed E-state index contributed by atoms with van der Waals surface area (Å²) in [6.45, 7) is 6.87. The maximum atomic E-state index is 17.1. The Labute approximate surface area is 265 Å². The quantitative estimate of drug-likeness (QED) is 0.308. The number of halogens is 2. The number of nitrogens with zero attached hydrogens (tertiary/aromatic N) is 7. The van der Waals surface area contributed by atoms with E-state index in [1.807, 2.05) is 23.4 Å². The summed E-state index contributed by atoms with van der Waals surface area (Å²) in [4.78, 5) is 18.1. The molecule has 4 aromatic rings. The molecule has 244 valence electrons. The van der Waals surface area contributed by atoms with Crippen LogP contribution in [0, 0.1) is 19.7 Å². The van der Waals surface area contributed by atoms with Crippen LogP contribution in [0.15, 0.2) is 12.3 Å². The van der Waals surface area contributed by atoms with Gasteiger partial charge >= 0.3 is 6.01 Å². The molecule has 13 heteroatoms. The van der Waals surface area contributed by atoms with Gasteiger partial charge in [0.2, 0.25) is 5.88 Å². The van der Waals surface area contributed by atoms with E-state index in [1.165, 1.54) is 0 Å². The molecule has 0 amide bonds. The number of aromatic nitrogens is 5. The molecule has 0 saturated carbocycles. The number of fused-ring (bicyclic) bond motifs is 2. The number of aliphatic hydroxyl groups is 1. The van der Waals surface area contributed by atoms with Crippen LogP contribution in [-0.4, -0.2) is 99.1 Å². The van der Waals surface area contributed by atoms with E-state index in [4.69, 9.17) is 29.3 Å². The summed E-state index contributed by atoms with van der Waals surface area (Å²) in [6, 6.07) is 2.07.